The molecule has 0 aliphatic rings. The number of thiazole rings is 1. The minimum Gasteiger partial charge on any atom is -0.352 e. The number of Topliss-reactive ketones (excluding diaryl/α,β-unsaturated/α-hetero) is 2. The van der Waals surface area contributed by atoms with E-state index in [0.717, 1.165) is 41.9 Å². The number of carbonyl (C=O) groups excluding carboxylic acids is 3. The molecule has 1 atom stereocenters. The van der Waals surface area contributed by atoms with E-state index in [2.05, 4.69) is 28.1 Å². The average molecular weight is 534 g/mol. The first-order valence-electron chi connectivity index (χ1n) is 13.6. The summed E-state index contributed by atoms with van der Waals surface area (Å²) in [4.78, 5) is 41.3. The third kappa shape index (κ3) is 10.7. The quantitative estimate of drug-likeness (QED) is 0.147. The highest BCUT2D eigenvalue weighted by atomic mass is 32.1. The van der Waals surface area contributed by atoms with Crippen molar-refractivity contribution >= 4 is 28.8 Å². The summed E-state index contributed by atoms with van der Waals surface area (Å²) < 4.78 is 0. The molecule has 3 rings (SSSR count). The summed E-state index contributed by atoms with van der Waals surface area (Å²) in [5.74, 6) is 0.343. The third-order valence-corrected chi connectivity index (χ3v) is 7.38. The molecular weight excluding hydrogens is 494 g/mol. The SMILES string of the molecule is CCC(=O)CCCCCC(CNCc1csc(-c2ccccc2)n1)NC(=O)CCCC(=O)c1ccccc1. The van der Waals surface area contributed by atoms with E-state index in [0.29, 0.717) is 56.5 Å². The molecule has 1 aromatic heterocycles. The van der Waals surface area contributed by atoms with Crippen LogP contribution in [0.4, 0.5) is 0 Å². The van der Waals surface area contributed by atoms with Gasteiger partial charge in [0.1, 0.15) is 10.8 Å². The zero-order valence-corrected chi connectivity index (χ0v) is 23.1. The van der Waals surface area contributed by atoms with Crippen molar-refractivity contribution in [3.05, 3.63) is 77.3 Å². The Morgan fingerprint density at radius 1 is 0.868 bits per heavy atom. The second kappa shape index (κ2) is 16.6. The topological polar surface area (TPSA) is 88.2 Å². The van der Waals surface area contributed by atoms with Gasteiger partial charge in [0.25, 0.3) is 0 Å². The van der Waals surface area contributed by atoms with E-state index < -0.39 is 0 Å². The van der Waals surface area contributed by atoms with Crippen molar-refractivity contribution in [2.45, 2.75) is 77.3 Å². The fraction of sp³-hybridized carbons (Fsp3) is 0.419. The number of hydrogen-bond acceptors (Lipinski definition) is 6. The lowest BCUT2D eigenvalue weighted by Crippen LogP contribution is -2.42. The van der Waals surface area contributed by atoms with Crippen LogP contribution >= 0.6 is 11.3 Å². The van der Waals surface area contributed by atoms with Crippen LogP contribution in [0.2, 0.25) is 0 Å². The summed E-state index contributed by atoms with van der Waals surface area (Å²) in [5.41, 5.74) is 2.78. The van der Waals surface area contributed by atoms with Crippen LogP contribution in [0.15, 0.2) is 66.0 Å². The highest BCUT2D eigenvalue weighted by Gasteiger charge is 2.14. The highest BCUT2D eigenvalue weighted by molar-refractivity contribution is 7.13. The van der Waals surface area contributed by atoms with E-state index in [9.17, 15) is 14.4 Å². The molecule has 1 heterocycles. The van der Waals surface area contributed by atoms with Crippen LogP contribution < -0.4 is 10.6 Å². The van der Waals surface area contributed by atoms with Crippen LogP contribution in [-0.4, -0.2) is 35.0 Å². The van der Waals surface area contributed by atoms with Crippen molar-refractivity contribution < 1.29 is 14.4 Å². The molecule has 0 bridgehead atoms. The molecule has 0 radical (unpaired) electrons. The maximum atomic E-state index is 12.7. The van der Waals surface area contributed by atoms with Gasteiger partial charge < -0.3 is 10.6 Å². The summed E-state index contributed by atoms with van der Waals surface area (Å²) in [6.45, 7) is 3.17. The minimum atomic E-state index is -0.0288. The van der Waals surface area contributed by atoms with Crippen LogP contribution in [-0.2, 0) is 16.1 Å². The summed E-state index contributed by atoms with van der Waals surface area (Å²) in [6.07, 6.45) is 6.09. The van der Waals surface area contributed by atoms with Gasteiger partial charge in [-0.05, 0) is 19.3 Å². The normalized spacial score (nSPS) is 11.7. The Hall–Kier alpha value is -3.16. The molecule has 3 aromatic rings. The van der Waals surface area contributed by atoms with Gasteiger partial charge >= 0.3 is 0 Å². The summed E-state index contributed by atoms with van der Waals surface area (Å²) in [7, 11) is 0. The Kier molecular flexibility index (Phi) is 12.9. The summed E-state index contributed by atoms with van der Waals surface area (Å²) >= 11 is 1.63. The average Bonchev–Trinajstić information content (AvgIpc) is 3.42. The number of hydrogen-bond donors (Lipinski definition) is 2. The molecule has 1 unspecified atom stereocenters. The molecule has 0 fully saturated rings. The van der Waals surface area contributed by atoms with Gasteiger partial charge in [-0.15, -0.1) is 11.3 Å². The van der Waals surface area contributed by atoms with Gasteiger partial charge in [0, 0.05) is 61.3 Å². The van der Waals surface area contributed by atoms with Gasteiger partial charge in [-0.2, -0.15) is 0 Å². The van der Waals surface area contributed by atoms with Crippen molar-refractivity contribution in [3.8, 4) is 10.6 Å². The van der Waals surface area contributed by atoms with E-state index in [-0.39, 0.29) is 17.7 Å². The molecular formula is C31H39N3O3S. The van der Waals surface area contributed by atoms with E-state index >= 15 is 0 Å². The van der Waals surface area contributed by atoms with Crippen LogP contribution in [0.3, 0.4) is 0 Å². The van der Waals surface area contributed by atoms with Crippen LogP contribution in [0.1, 0.15) is 80.8 Å². The van der Waals surface area contributed by atoms with Gasteiger partial charge in [0.05, 0.1) is 5.69 Å². The van der Waals surface area contributed by atoms with Gasteiger partial charge in [0.2, 0.25) is 5.91 Å². The first-order chi connectivity index (χ1) is 18.5. The predicted molar refractivity (Wildman–Crippen MR) is 154 cm³/mol. The molecule has 0 spiro atoms. The maximum Gasteiger partial charge on any atom is 0.220 e. The Morgan fingerprint density at radius 2 is 1.61 bits per heavy atom. The van der Waals surface area contributed by atoms with Gasteiger partial charge in [-0.1, -0.05) is 80.4 Å². The molecule has 2 N–H and O–H groups in total. The lowest BCUT2D eigenvalue weighted by atomic mass is 10.0. The predicted octanol–water partition coefficient (Wildman–Crippen LogP) is 6.37. The number of benzene rings is 2. The molecule has 2 aromatic carbocycles. The zero-order valence-electron chi connectivity index (χ0n) is 22.3. The number of nitrogens with zero attached hydrogens (tertiary/aromatic N) is 1. The van der Waals surface area contributed by atoms with Crippen LogP contribution in [0.5, 0.6) is 0 Å². The summed E-state index contributed by atoms with van der Waals surface area (Å²) in [6, 6.07) is 19.3. The molecule has 0 saturated heterocycles. The Bertz CT molecular complexity index is 1130. The highest BCUT2D eigenvalue weighted by Crippen LogP contribution is 2.23. The van der Waals surface area contributed by atoms with Crippen molar-refractivity contribution in [3.63, 3.8) is 0 Å². The number of aromatic nitrogens is 1. The van der Waals surface area contributed by atoms with Gasteiger partial charge in [0.15, 0.2) is 5.78 Å². The maximum absolute atomic E-state index is 12.7. The second-order valence-corrected chi connectivity index (χ2v) is 10.4. The largest absolute Gasteiger partial charge is 0.352 e. The second-order valence-electron chi connectivity index (χ2n) is 9.54. The zero-order chi connectivity index (χ0) is 27.0. The van der Waals surface area contributed by atoms with Crippen molar-refractivity contribution in [1.29, 1.82) is 0 Å². The fourth-order valence-electron chi connectivity index (χ4n) is 4.25. The van der Waals surface area contributed by atoms with Gasteiger partial charge in [-0.25, -0.2) is 4.98 Å². The molecule has 7 heteroatoms. The number of nitrogens with one attached hydrogen (secondary N) is 2. The van der Waals surface area contributed by atoms with Crippen molar-refractivity contribution in [2.24, 2.45) is 0 Å². The van der Waals surface area contributed by atoms with Crippen molar-refractivity contribution in [1.82, 2.24) is 15.6 Å². The molecule has 0 aliphatic carbocycles. The smallest absolute Gasteiger partial charge is 0.220 e. The Balaban J connectivity index is 1.44. The van der Waals surface area contributed by atoms with Crippen molar-refractivity contribution in [2.75, 3.05) is 6.54 Å². The number of ketones is 2. The van der Waals surface area contributed by atoms with E-state index in [1.54, 1.807) is 11.3 Å². The molecule has 6 nitrogen and oxygen atoms in total. The fourth-order valence-corrected chi connectivity index (χ4v) is 5.07. The first kappa shape index (κ1) is 29.4. The number of carbonyl (C=O) groups is 3. The number of unbranched alkanes of at least 4 members (excludes halogenated alkanes) is 2. The third-order valence-electron chi connectivity index (χ3n) is 6.44. The molecule has 1 amide bonds. The lowest BCUT2D eigenvalue weighted by Gasteiger charge is -2.19. The molecule has 38 heavy (non-hydrogen) atoms. The lowest BCUT2D eigenvalue weighted by molar-refractivity contribution is -0.122. The van der Waals surface area contributed by atoms with E-state index in [1.807, 2.05) is 55.5 Å². The molecule has 202 valence electrons. The summed E-state index contributed by atoms with van der Waals surface area (Å²) in [5, 5.41) is 9.68. The molecule has 0 aliphatic heterocycles. The van der Waals surface area contributed by atoms with E-state index in [1.165, 1.54) is 0 Å². The first-order valence-corrected chi connectivity index (χ1v) is 14.5. The van der Waals surface area contributed by atoms with Gasteiger partial charge in [-0.3, -0.25) is 14.4 Å². The monoisotopic (exact) mass is 533 g/mol. The number of rotatable bonds is 18. The van der Waals surface area contributed by atoms with E-state index in [4.69, 9.17) is 4.98 Å². The Morgan fingerprint density at radius 3 is 2.34 bits per heavy atom. The minimum absolute atomic E-state index is 0.0126. The standard InChI is InChI=1S/C31H39N3O3S/c1-2-28(35)18-11-5-10-17-26(33-30(37)20-12-19-29(36)24-13-6-3-7-14-24)21-32-22-27-23-38-31(34-27)25-15-8-4-9-16-25/h3-4,6-9,13-16,23,26,32H,2,5,10-12,17-22H2,1H3,(H,33,37). The Labute approximate surface area is 230 Å². The number of amides is 1. The van der Waals surface area contributed by atoms with Crippen LogP contribution in [0.25, 0.3) is 10.6 Å². The molecule has 0 saturated carbocycles. The van der Waals surface area contributed by atoms with Crippen LogP contribution in [0, 0.1) is 0 Å².